The number of nitrogens with two attached hydrogens (primary N) is 1. The summed E-state index contributed by atoms with van der Waals surface area (Å²) in [4.78, 5) is 20.5. The van der Waals surface area contributed by atoms with Crippen LogP contribution in [0.25, 0.3) is 0 Å². The molecule has 170 valence electrons. The van der Waals surface area contributed by atoms with Crippen LogP contribution in [0.2, 0.25) is 0 Å². The van der Waals surface area contributed by atoms with Gasteiger partial charge < -0.3 is 16.0 Å². The van der Waals surface area contributed by atoms with E-state index < -0.39 is 17.0 Å². The molecule has 6 nitrogen and oxygen atoms in total. The molecular weight excluding hydrogens is 503 g/mol. The molecular formula is C21H34F2IN5O. The first-order chi connectivity index (χ1) is 13.7. The molecule has 1 saturated heterocycles. The third kappa shape index (κ3) is 6.76. The van der Waals surface area contributed by atoms with Crippen LogP contribution < -0.4 is 11.1 Å². The molecule has 1 fully saturated rings. The Labute approximate surface area is 195 Å². The number of hydrogen-bond acceptors (Lipinski definition) is 3. The van der Waals surface area contributed by atoms with Crippen LogP contribution in [-0.4, -0.2) is 60.9 Å². The van der Waals surface area contributed by atoms with Crippen molar-refractivity contribution in [3.63, 3.8) is 0 Å². The van der Waals surface area contributed by atoms with E-state index in [2.05, 4.69) is 20.1 Å². The molecule has 0 radical (unpaired) electrons. The van der Waals surface area contributed by atoms with Crippen LogP contribution in [-0.2, 0) is 4.79 Å². The minimum atomic E-state index is -0.712. The molecule has 1 amide bonds. The highest BCUT2D eigenvalue weighted by Gasteiger charge is 2.28. The van der Waals surface area contributed by atoms with Gasteiger partial charge in [0.2, 0.25) is 5.91 Å². The number of aliphatic imine (C=N–C) groups is 1. The minimum Gasteiger partial charge on any atom is -0.369 e. The summed E-state index contributed by atoms with van der Waals surface area (Å²) in [6.45, 7) is 11.5. The summed E-state index contributed by atoms with van der Waals surface area (Å²) in [6.07, 6.45) is 0.740. The molecule has 3 N–H and O–H groups in total. The maximum atomic E-state index is 14.3. The lowest BCUT2D eigenvalue weighted by atomic mass is 9.93. The number of amides is 1. The first-order valence-electron chi connectivity index (χ1n) is 10.2. The second-order valence-corrected chi connectivity index (χ2v) is 8.03. The molecule has 0 aromatic heterocycles. The Hall–Kier alpha value is -1.49. The molecule has 0 saturated carbocycles. The quantitative estimate of drug-likeness (QED) is 0.319. The van der Waals surface area contributed by atoms with Crippen molar-refractivity contribution >= 4 is 35.8 Å². The van der Waals surface area contributed by atoms with Gasteiger partial charge in [0.05, 0.1) is 12.0 Å². The zero-order valence-electron chi connectivity index (χ0n) is 18.3. The third-order valence-electron chi connectivity index (χ3n) is 5.39. The highest BCUT2D eigenvalue weighted by molar-refractivity contribution is 14.0. The summed E-state index contributed by atoms with van der Waals surface area (Å²) >= 11 is 0. The van der Waals surface area contributed by atoms with Crippen molar-refractivity contribution in [2.45, 2.75) is 40.2 Å². The molecule has 0 aliphatic carbocycles. The van der Waals surface area contributed by atoms with Gasteiger partial charge in [0.25, 0.3) is 0 Å². The van der Waals surface area contributed by atoms with Gasteiger partial charge in [0.1, 0.15) is 11.6 Å². The molecule has 1 atom stereocenters. The van der Waals surface area contributed by atoms with Crippen LogP contribution in [0.3, 0.4) is 0 Å². The van der Waals surface area contributed by atoms with Gasteiger partial charge in [0.15, 0.2) is 5.96 Å². The van der Waals surface area contributed by atoms with Crippen molar-refractivity contribution in [3.05, 3.63) is 35.4 Å². The summed E-state index contributed by atoms with van der Waals surface area (Å²) in [5.41, 5.74) is 5.27. The topological polar surface area (TPSA) is 74.0 Å². The summed E-state index contributed by atoms with van der Waals surface area (Å²) in [7, 11) is 0. The van der Waals surface area contributed by atoms with Crippen molar-refractivity contribution in [1.29, 1.82) is 0 Å². The number of nitrogens with zero attached hydrogens (tertiary/aromatic N) is 3. The maximum absolute atomic E-state index is 14.3. The molecule has 30 heavy (non-hydrogen) atoms. The lowest BCUT2D eigenvalue weighted by Gasteiger charge is -2.40. The normalized spacial score (nSPS) is 16.7. The molecule has 0 bridgehead atoms. The van der Waals surface area contributed by atoms with Crippen LogP contribution >= 0.6 is 24.0 Å². The fraction of sp³-hybridized carbons (Fsp3) is 0.619. The summed E-state index contributed by atoms with van der Waals surface area (Å²) in [5.74, 6) is -0.685. The standard InChI is InChI=1S/C21H33F2N5O.HI/c1-5-18(16-8-7-15(22)13-17(16)23)27-9-11-28(12-10-27)20(25-6-2)26-14-21(3,4)19(24)29;/h7-8,13,18H,5-6,9-12,14H2,1-4H3,(H2,24,29)(H,25,26);1H. The van der Waals surface area contributed by atoms with E-state index in [1.54, 1.807) is 19.9 Å². The molecule has 1 aliphatic rings. The lowest BCUT2D eigenvalue weighted by molar-refractivity contribution is -0.125. The fourth-order valence-electron chi connectivity index (χ4n) is 3.47. The van der Waals surface area contributed by atoms with Gasteiger partial charge in [-0.3, -0.25) is 14.7 Å². The first-order valence-corrected chi connectivity index (χ1v) is 10.2. The van der Waals surface area contributed by atoms with Crippen LogP contribution in [0, 0.1) is 17.0 Å². The third-order valence-corrected chi connectivity index (χ3v) is 5.39. The average molecular weight is 537 g/mol. The Morgan fingerprint density at radius 3 is 2.37 bits per heavy atom. The molecule has 1 heterocycles. The van der Waals surface area contributed by atoms with Gasteiger partial charge in [-0.05, 0) is 33.3 Å². The van der Waals surface area contributed by atoms with Gasteiger partial charge in [-0.1, -0.05) is 13.0 Å². The molecule has 1 aromatic carbocycles. The number of primary amides is 1. The SMILES string of the molecule is CCNC(=NCC(C)(C)C(N)=O)N1CCN(C(CC)c2ccc(F)cc2F)CC1.I. The number of carbonyl (C=O) groups is 1. The Kier molecular flexibility index (Phi) is 10.4. The zero-order chi connectivity index (χ0) is 21.6. The predicted molar refractivity (Wildman–Crippen MR) is 127 cm³/mol. The van der Waals surface area contributed by atoms with E-state index in [1.165, 1.54) is 6.07 Å². The molecule has 2 rings (SSSR count). The largest absolute Gasteiger partial charge is 0.369 e. The van der Waals surface area contributed by atoms with Gasteiger partial charge >= 0.3 is 0 Å². The van der Waals surface area contributed by atoms with Gasteiger partial charge in [-0.15, -0.1) is 24.0 Å². The van der Waals surface area contributed by atoms with Crippen LogP contribution in [0.4, 0.5) is 8.78 Å². The number of rotatable bonds is 7. The van der Waals surface area contributed by atoms with E-state index in [9.17, 15) is 13.6 Å². The second-order valence-electron chi connectivity index (χ2n) is 8.03. The Bertz CT molecular complexity index is 736. The van der Waals surface area contributed by atoms with Crippen LogP contribution in [0.15, 0.2) is 23.2 Å². The summed E-state index contributed by atoms with van der Waals surface area (Å²) in [6, 6.07) is 3.71. The summed E-state index contributed by atoms with van der Waals surface area (Å²) in [5, 5.41) is 3.27. The number of halogens is 3. The Morgan fingerprint density at radius 2 is 1.87 bits per heavy atom. The smallest absolute Gasteiger partial charge is 0.224 e. The van der Waals surface area contributed by atoms with E-state index >= 15 is 0 Å². The van der Waals surface area contributed by atoms with Gasteiger partial charge in [-0.2, -0.15) is 0 Å². The van der Waals surface area contributed by atoms with Gasteiger partial charge in [0, 0.05) is 50.4 Å². The molecule has 9 heteroatoms. The first kappa shape index (κ1) is 26.5. The lowest BCUT2D eigenvalue weighted by Crippen LogP contribution is -2.53. The number of nitrogens with one attached hydrogen (secondary N) is 1. The number of hydrogen-bond donors (Lipinski definition) is 2. The van der Waals surface area contributed by atoms with Crippen molar-refractivity contribution in [2.24, 2.45) is 16.1 Å². The number of carbonyl (C=O) groups excluding carboxylic acids is 1. The zero-order valence-corrected chi connectivity index (χ0v) is 20.6. The number of benzene rings is 1. The highest BCUT2D eigenvalue weighted by atomic mass is 127. The van der Waals surface area contributed by atoms with Crippen molar-refractivity contribution in [3.8, 4) is 0 Å². The molecule has 1 aromatic rings. The van der Waals surface area contributed by atoms with E-state index in [0.29, 0.717) is 18.7 Å². The second kappa shape index (κ2) is 11.8. The predicted octanol–water partition coefficient (Wildman–Crippen LogP) is 3.13. The van der Waals surface area contributed by atoms with Crippen molar-refractivity contribution in [2.75, 3.05) is 39.3 Å². The number of piperazine rings is 1. The maximum Gasteiger partial charge on any atom is 0.224 e. The Balaban J connectivity index is 0.00000450. The highest BCUT2D eigenvalue weighted by Crippen LogP contribution is 2.28. The van der Waals surface area contributed by atoms with E-state index in [1.807, 2.05) is 13.8 Å². The Morgan fingerprint density at radius 1 is 1.23 bits per heavy atom. The molecule has 0 spiro atoms. The van der Waals surface area contributed by atoms with Gasteiger partial charge in [-0.25, -0.2) is 8.78 Å². The number of guanidine groups is 1. The van der Waals surface area contributed by atoms with Crippen LogP contribution in [0.5, 0.6) is 0 Å². The average Bonchev–Trinajstić information content (AvgIpc) is 2.68. The minimum absolute atomic E-state index is 0. The molecule has 1 aliphatic heterocycles. The fourth-order valence-corrected chi connectivity index (χ4v) is 3.47. The van der Waals surface area contributed by atoms with Crippen molar-refractivity contribution < 1.29 is 13.6 Å². The van der Waals surface area contributed by atoms with E-state index in [-0.39, 0.29) is 35.9 Å². The van der Waals surface area contributed by atoms with E-state index in [4.69, 9.17) is 5.73 Å². The monoisotopic (exact) mass is 537 g/mol. The van der Waals surface area contributed by atoms with Crippen molar-refractivity contribution in [1.82, 2.24) is 15.1 Å². The van der Waals surface area contributed by atoms with E-state index in [0.717, 1.165) is 44.6 Å². The van der Waals surface area contributed by atoms with Crippen LogP contribution in [0.1, 0.15) is 45.7 Å². The molecule has 1 unspecified atom stereocenters. The summed E-state index contributed by atoms with van der Waals surface area (Å²) < 4.78 is 27.5.